The van der Waals surface area contributed by atoms with Gasteiger partial charge in [-0.25, -0.2) is 0 Å². The van der Waals surface area contributed by atoms with E-state index in [2.05, 4.69) is 85.1 Å². The normalized spacial score (nSPS) is 15.2. The maximum Gasteiger partial charge on any atom is -1.00 e. The van der Waals surface area contributed by atoms with E-state index in [4.69, 9.17) is 0 Å². The van der Waals surface area contributed by atoms with Gasteiger partial charge in [0.25, 0.3) is 0 Å². The number of aromatic amines is 1. The molecule has 2 aromatic rings. The van der Waals surface area contributed by atoms with Gasteiger partial charge >= 0.3 is 147 Å². The average Bonchev–Trinajstić information content (AvgIpc) is 3.11. The molecular weight excluding hydrogens is 403 g/mol. The Hall–Kier alpha value is -0.289. The van der Waals surface area contributed by atoms with Crippen molar-refractivity contribution in [3.05, 3.63) is 65.5 Å². The molecule has 0 fully saturated rings. The number of hydrogen-bond acceptors (Lipinski definition) is 1. The zero-order valence-electron chi connectivity index (χ0n) is 15.5. The van der Waals surface area contributed by atoms with Gasteiger partial charge in [-0.3, -0.25) is 0 Å². The quantitative estimate of drug-likeness (QED) is 0.583. The van der Waals surface area contributed by atoms with Gasteiger partial charge in [0.15, 0.2) is 0 Å². The molecule has 0 radical (unpaired) electrons. The van der Waals surface area contributed by atoms with E-state index in [9.17, 15) is 0 Å². The first kappa shape index (κ1) is 22.8. The Bertz CT molecular complexity index is 773. The first-order chi connectivity index (χ1) is 10.9. The van der Waals surface area contributed by atoms with Gasteiger partial charge in [0.2, 0.25) is 0 Å². The van der Waals surface area contributed by atoms with Gasteiger partial charge in [-0.15, -0.1) is 0 Å². The van der Waals surface area contributed by atoms with E-state index in [-0.39, 0.29) is 36.5 Å². The number of aromatic nitrogens is 1. The van der Waals surface area contributed by atoms with Crippen LogP contribution >= 0.6 is 0 Å². The van der Waals surface area contributed by atoms with Crippen molar-refractivity contribution >= 4 is 11.8 Å². The van der Waals surface area contributed by atoms with Crippen LogP contribution in [0.1, 0.15) is 41.8 Å². The SMILES string of the molecule is C[Si](C)=[Ti+2]([NH]C(C)(C)C)[CH]1C=C(c2ccc[nH]2)c2ccccc21.[Cl-].[Cl-]. The van der Waals surface area contributed by atoms with Crippen LogP contribution < -0.4 is 28.6 Å². The number of allylic oxidation sites excluding steroid dienone is 1. The molecule has 134 valence electrons. The minimum atomic E-state index is -1.43. The number of hydrogen-bond donors (Lipinski definition) is 2. The number of nitrogens with one attached hydrogen (secondary N) is 2. The van der Waals surface area contributed by atoms with Gasteiger partial charge in [0.05, 0.1) is 0 Å². The van der Waals surface area contributed by atoms with Crippen molar-refractivity contribution in [1.29, 1.82) is 0 Å². The molecule has 25 heavy (non-hydrogen) atoms. The number of fused-ring (bicyclic) bond motifs is 1. The molecule has 2 N–H and O–H groups in total. The van der Waals surface area contributed by atoms with E-state index in [0.29, 0.717) is 4.22 Å². The zero-order chi connectivity index (χ0) is 16.6. The van der Waals surface area contributed by atoms with Gasteiger partial charge < -0.3 is 24.8 Å². The van der Waals surface area contributed by atoms with Crippen molar-refractivity contribution in [3.63, 3.8) is 0 Å². The molecule has 1 unspecified atom stereocenters. The summed E-state index contributed by atoms with van der Waals surface area (Å²) < 4.78 is 4.68. The summed E-state index contributed by atoms with van der Waals surface area (Å²) in [6, 6.07) is 13.3. The molecule has 6 heteroatoms. The molecule has 0 saturated heterocycles. The first-order valence-electron chi connectivity index (χ1n) is 8.27. The van der Waals surface area contributed by atoms with Crippen LogP contribution in [0, 0.1) is 0 Å². The van der Waals surface area contributed by atoms with Gasteiger partial charge in [0.1, 0.15) is 0 Å². The Labute approximate surface area is 170 Å². The first-order valence-corrected chi connectivity index (χ1v) is 14.8. The van der Waals surface area contributed by atoms with Crippen LogP contribution in [0.5, 0.6) is 0 Å². The molecule has 1 aliphatic carbocycles. The van der Waals surface area contributed by atoms with Crippen LogP contribution in [0.25, 0.3) is 5.57 Å². The van der Waals surface area contributed by atoms with Gasteiger partial charge in [-0.2, -0.15) is 0 Å². The summed E-state index contributed by atoms with van der Waals surface area (Å²) in [6.07, 6.45) is 4.24. The molecule has 0 spiro atoms. The number of halogens is 2. The van der Waals surface area contributed by atoms with Crippen molar-refractivity contribution in [2.75, 3.05) is 0 Å². The summed E-state index contributed by atoms with van der Waals surface area (Å²) in [4.78, 5) is 3.40. The largest absolute Gasteiger partial charge is 1.00 e. The van der Waals surface area contributed by atoms with Crippen molar-refractivity contribution < 1.29 is 41.7 Å². The Morgan fingerprint density at radius 2 is 1.72 bits per heavy atom. The molecule has 1 aromatic carbocycles. The molecular formula is C19H26Cl2N2SiTi. The topological polar surface area (TPSA) is 27.8 Å². The van der Waals surface area contributed by atoms with E-state index in [1.807, 2.05) is 6.20 Å². The second-order valence-electron chi connectivity index (χ2n) is 7.52. The van der Waals surface area contributed by atoms with Crippen LogP contribution in [0.4, 0.5) is 0 Å². The Morgan fingerprint density at radius 1 is 1.04 bits per heavy atom. The molecule has 1 heterocycles. The van der Waals surface area contributed by atoms with Crippen LogP contribution in [-0.4, -0.2) is 16.7 Å². The third-order valence-electron chi connectivity index (χ3n) is 4.17. The summed E-state index contributed by atoms with van der Waals surface area (Å²) in [5.74, 6) is 0. The minimum absolute atomic E-state index is 0. The second kappa shape index (κ2) is 9.07. The fourth-order valence-corrected chi connectivity index (χ4v) is 13.6. The third-order valence-corrected chi connectivity index (χ3v) is 15.4. The maximum atomic E-state index is 4.06. The summed E-state index contributed by atoms with van der Waals surface area (Å²) >= 11 is -1.43. The van der Waals surface area contributed by atoms with Crippen LogP contribution in [0.3, 0.4) is 0 Å². The van der Waals surface area contributed by atoms with Crippen molar-refractivity contribution in [3.8, 4) is 0 Å². The summed E-state index contributed by atoms with van der Waals surface area (Å²) in [7, 11) is 0. The Balaban J connectivity index is 0.00000156. The molecule has 2 nitrogen and oxygen atoms in total. The van der Waals surface area contributed by atoms with E-state index >= 15 is 0 Å². The Kier molecular flexibility index (Phi) is 8.26. The van der Waals surface area contributed by atoms with Crippen LogP contribution in [0.15, 0.2) is 48.7 Å². The smallest absolute Gasteiger partial charge is 1.00 e. The van der Waals surface area contributed by atoms with E-state index in [1.165, 1.54) is 22.4 Å². The molecule has 0 amide bonds. The van der Waals surface area contributed by atoms with Crippen molar-refractivity contribution in [2.24, 2.45) is 0 Å². The molecule has 0 saturated carbocycles. The fraction of sp³-hybridized carbons (Fsp3) is 0.368. The third kappa shape index (κ3) is 5.12. The zero-order valence-corrected chi connectivity index (χ0v) is 19.5. The van der Waals surface area contributed by atoms with Crippen molar-refractivity contribution in [1.82, 2.24) is 8.78 Å². The molecule has 3 rings (SSSR count). The van der Waals surface area contributed by atoms with E-state index in [1.54, 1.807) is 0 Å². The monoisotopic (exact) mass is 428 g/mol. The molecule has 1 aromatic heterocycles. The minimum Gasteiger partial charge on any atom is -1.00 e. The summed E-state index contributed by atoms with van der Waals surface area (Å²) in [6.45, 7) is 11.9. The summed E-state index contributed by atoms with van der Waals surface area (Å²) in [5, 5.41) is 0. The summed E-state index contributed by atoms with van der Waals surface area (Å²) in [5.41, 5.74) is 5.79. The fourth-order valence-electron chi connectivity index (χ4n) is 3.25. The second-order valence-corrected chi connectivity index (χ2v) is 19.1. The standard InChI is InChI=1S/C13H10N.C4H10N.C2H6Si.2ClH.Ti/c1-2-5-11-10(4-1)7-8-12(11)13-6-3-9-14-13;1-4(2,3)5;1-3-2;;;/h1-9,14H;5H,1-3H3;1-2H3;2*1H;/q;-1;;;;+3/p-2. The Morgan fingerprint density at radius 3 is 2.28 bits per heavy atom. The van der Waals surface area contributed by atoms with Gasteiger partial charge in [0, 0.05) is 0 Å². The van der Waals surface area contributed by atoms with Gasteiger partial charge in [-0.1, -0.05) is 0 Å². The molecule has 0 aliphatic heterocycles. The molecule has 1 atom stereocenters. The molecule has 1 aliphatic rings. The molecule has 0 bridgehead atoms. The van der Waals surface area contributed by atoms with Crippen LogP contribution in [-0.2, 0) is 16.9 Å². The maximum absolute atomic E-state index is 4.06. The average molecular weight is 429 g/mol. The number of H-pyrrole nitrogens is 1. The van der Waals surface area contributed by atoms with E-state index < -0.39 is 16.9 Å². The predicted octanol–water partition coefficient (Wildman–Crippen LogP) is -1.32. The number of rotatable bonds is 3. The van der Waals surface area contributed by atoms with Crippen LogP contribution in [0.2, 0.25) is 13.1 Å². The van der Waals surface area contributed by atoms with Gasteiger partial charge in [-0.05, 0) is 0 Å². The number of benzene rings is 1. The van der Waals surface area contributed by atoms with Crippen molar-refractivity contribution in [2.45, 2.75) is 43.6 Å². The predicted molar refractivity (Wildman–Crippen MR) is 97.4 cm³/mol. The van der Waals surface area contributed by atoms with E-state index in [0.717, 1.165) is 0 Å².